The smallest absolute Gasteiger partial charge is 0.320 e. The standard InChI is InChI=1S/C9H16N2O3/c1-2-13-6-7-14-9(12)8-11-5-3-4-10/h11H,2-3,5-8H2,1H3. The second-order valence-electron chi connectivity index (χ2n) is 2.50. The van der Waals surface area contributed by atoms with E-state index in [2.05, 4.69) is 5.32 Å². The van der Waals surface area contributed by atoms with Crippen LogP contribution in [0.25, 0.3) is 0 Å². The summed E-state index contributed by atoms with van der Waals surface area (Å²) in [6.07, 6.45) is 0.395. The number of carbonyl (C=O) groups excluding carboxylic acids is 1. The van der Waals surface area contributed by atoms with Crippen molar-refractivity contribution in [3.63, 3.8) is 0 Å². The van der Waals surface area contributed by atoms with Crippen LogP contribution in [0.3, 0.4) is 0 Å². The molecule has 14 heavy (non-hydrogen) atoms. The molecule has 0 bridgehead atoms. The highest BCUT2D eigenvalue weighted by Crippen LogP contribution is 1.80. The Bertz CT molecular complexity index is 189. The number of ether oxygens (including phenoxy) is 2. The molecule has 0 aromatic carbocycles. The van der Waals surface area contributed by atoms with Crippen LogP contribution in [0.5, 0.6) is 0 Å². The Hall–Kier alpha value is -1.12. The molecular weight excluding hydrogens is 184 g/mol. The third-order valence-electron chi connectivity index (χ3n) is 1.38. The summed E-state index contributed by atoms with van der Waals surface area (Å²) in [5.41, 5.74) is 0. The molecule has 5 nitrogen and oxygen atoms in total. The van der Waals surface area contributed by atoms with E-state index in [0.29, 0.717) is 26.2 Å². The highest BCUT2D eigenvalue weighted by atomic mass is 16.6. The summed E-state index contributed by atoms with van der Waals surface area (Å²) in [5, 5.41) is 11.0. The minimum absolute atomic E-state index is 0.147. The maximum atomic E-state index is 10.9. The van der Waals surface area contributed by atoms with E-state index in [4.69, 9.17) is 14.7 Å². The first-order valence-electron chi connectivity index (χ1n) is 4.62. The highest BCUT2D eigenvalue weighted by Gasteiger charge is 2.00. The van der Waals surface area contributed by atoms with Crippen LogP contribution in [0.2, 0.25) is 0 Å². The Labute approximate surface area is 84.0 Å². The van der Waals surface area contributed by atoms with Gasteiger partial charge >= 0.3 is 5.97 Å². The fraction of sp³-hybridized carbons (Fsp3) is 0.778. The molecule has 0 aromatic rings. The lowest BCUT2D eigenvalue weighted by Gasteiger charge is -2.04. The van der Waals surface area contributed by atoms with Crippen LogP contribution >= 0.6 is 0 Å². The van der Waals surface area contributed by atoms with Gasteiger partial charge in [-0.05, 0) is 6.92 Å². The quantitative estimate of drug-likeness (QED) is 0.443. The van der Waals surface area contributed by atoms with Gasteiger partial charge in [0, 0.05) is 19.6 Å². The molecule has 0 spiro atoms. The van der Waals surface area contributed by atoms with Crippen LogP contribution in [0.1, 0.15) is 13.3 Å². The van der Waals surface area contributed by atoms with Crippen molar-refractivity contribution < 1.29 is 14.3 Å². The van der Waals surface area contributed by atoms with Crippen molar-refractivity contribution in [3.8, 4) is 6.07 Å². The molecule has 0 amide bonds. The monoisotopic (exact) mass is 200 g/mol. The second kappa shape index (κ2) is 9.96. The first kappa shape index (κ1) is 12.9. The summed E-state index contributed by atoms with van der Waals surface area (Å²) in [4.78, 5) is 10.9. The average molecular weight is 200 g/mol. The van der Waals surface area contributed by atoms with Crippen molar-refractivity contribution in [2.45, 2.75) is 13.3 Å². The van der Waals surface area contributed by atoms with Crippen LogP contribution in [-0.4, -0.2) is 38.9 Å². The molecule has 80 valence electrons. The summed E-state index contributed by atoms with van der Waals surface area (Å²) in [6, 6.07) is 1.97. The van der Waals surface area contributed by atoms with Gasteiger partial charge in [-0.25, -0.2) is 0 Å². The third kappa shape index (κ3) is 8.97. The van der Waals surface area contributed by atoms with Gasteiger partial charge in [-0.2, -0.15) is 5.26 Å². The summed E-state index contributed by atoms with van der Waals surface area (Å²) in [6.45, 7) is 3.88. The Morgan fingerprint density at radius 1 is 1.50 bits per heavy atom. The molecule has 0 heterocycles. The van der Waals surface area contributed by atoms with E-state index in [1.807, 2.05) is 13.0 Å². The van der Waals surface area contributed by atoms with Gasteiger partial charge in [0.2, 0.25) is 0 Å². The maximum absolute atomic E-state index is 10.9. The van der Waals surface area contributed by atoms with Gasteiger partial charge in [-0.15, -0.1) is 0 Å². The number of hydrogen-bond donors (Lipinski definition) is 1. The molecule has 0 rings (SSSR count). The summed E-state index contributed by atoms with van der Waals surface area (Å²) in [5.74, 6) is -0.317. The van der Waals surface area contributed by atoms with Gasteiger partial charge in [0.05, 0.1) is 19.2 Å². The van der Waals surface area contributed by atoms with Crippen molar-refractivity contribution in [2.24, 2.45) is 0 Å². The molecule has 0 fully saturated rings. The zero-order valence-corrected chi connectivity index (χ0v) is 8.41. The fourth-order valence-electron chi connectivity index (χ4n) is 0.745. The predicted molar refractivity (Wildman–Crippen MR) is 50.6 cm³/mol. The molecule has 0 radical (unpaired) electrons. The van der Waals surface area contributed by atoms with E-state index in [0.717, 1.165) is 0 Å². The van der Waals surface area contributed by atoms with Gasteiger partial charge < -0.3 is 14.8 Å². The number of carbonyl (C=O) groups is 1. The molecule has 5 heteroatoms. The van der Waals surface area contributed by atoms with Crippen LogP contribution in [0, 0.1) is 11.3 Å². The van der Waals surface area contributed by atoms with Crippen molar-refractivity contribution >= 4 is 5.97 Å². The van der Waals surface area contributed by atoms with Crippen LogP contribution < -0.4 is 5.32 Å². The van der Waals surface area contributed by atoms with Crippen molar-refractivity contribution in [3.05, 3.63) is 0 Å². The van der Waals surface area contributed by atoms with Crippen molar-refractivity contribution in [1.29, 1.82) is 5.26 Å². The second-order valence-corrected chi connectivity index (χ2v) is 2.50. The van der Waals surface area contributed by atoms with Gasteiger partial charge in [0.25, 0.3) is 0 Å². The fourth-order valence-corrected chi connectivity index (χ4v) is 0.745. The molecule has 0 saturated carbocycles. The summed E-state index contributed by atoms with van der Waals surface area (Å²) >= 11 is 0. The SMILES string of the molecule is CCOCCOC(=O)CNCCC#N. The van der Waals surface area contributed by atoms with E-state index in [1.54, 1.807) is 0 Å². The Morgan fingerprint density at radius 3 is 2.93 bits per heavy atom. The number of rotatable bonds is 8. The largest absolute Gasteiger partial charge is 0.462 e. The minimum Gasteiger partial charge on any atom is -0.462 e. The Kier molecular flexibility index (Phi) is 9.17. The van der Waals surface area contributed by atoms with Crippen LogP contribution in [0.15, 0.2) is 0 Å². The number of esters is 1. The average Bonchev–Trinajstić information content (AvgIpc) is 2.19. The molecule has 1 N–H and O–H groups in total. The van der Waals surface area contributed by atoms with E-state index >= 15 is 0 Å². The van der Waals surface area contributed by atoms with E-state index in [1.165, 1.54) is 0 Å². The van der Waals surface area contributed by atoms with Gasteiger partial charge in [0.15, 0.2) is 0 Å². The van der Waals surface area contributed by atoms with Gasteiger partial charge in [-0.1, -0.05) is 0 Å². The number of hydrogen-bond acceptors (Lipinski definition) is 5. The summed E-state index contributed by atoms with van der Waals surface area (Å²) < 4.78 is 9.80. The third-order valence-corrected chi connectivity index (χ3v) is 1.38. The molecule has 0 atom stereocenters. The van der Waals surface area contributed by atoms with Crippen molar-refractivity contribution in [1.82, 2.24) is 5.32 Å². The lowest BCUT2D eigenvalue weighted by Crippen LogP contribution is -2.26. The molecule has 0 aliphatic carbocycles. The molecule has 0 aliphatic rings. The lowest BCUT2D eigenvalue weighted by atomic mass is 10.4. The zero-order chi connectivity index (χ0) is 10.6. The molecule has 0 aliphatic heterocycles. The van der Waals surface area contributed by atoms with Gasteiger partial charge in [0.1, 0.15) is 6.61 Å². The Balaban J connectivity index is 3.16. The number of nitrogens with zero attached hydrogens (tertiary/aromatic N) is 1. The first-order chi connectivity index (χ1) is 6.81. The molecule has 0 saturated heterocycles. The number of nitriles is 1. The van der Waals surface area contributed by atoms with E-state index in [9.17, 15) is 4.79 Å². The van der Waals surface area contributed by atoms with E-state index in [-0.39, 0.29) is 19.1 Å². The lowest BCUT2D eigenvalue weighted by molar-refractivity contribution is -0.144. The zero-order valence-electron chi connectivity index (χ0n) is 8.41. The number of nitrogens with one attached hydrogen (secondary N) is 1. The van der Waals surface area contributed by atoms with Crippen molar-refractivity contribution in [2.75, 3.05) is 32.9 Å². The first-order valence-corrected chi connectivity index (χ1v) is 4.62. The molecular formula is C9H16N2O3. The minimum atomic E-state index is -0.317. The van der Waals surface area contributed by atoms with Gasteiger partial charge in [-0.3, -0.25) is 4.79 Å². The predicted octanol–water partition coefficient (Wildman–Crippen LogP) is 0.0694. The van der Waals surface area contributed by atoms with Crippen LogP contribution in [-0.2, 0) is 14.3 Å². The topological polar surface area (TPSA) is 71.3 Å². The Morgan fingerprint density at radius 2 is 2.29 bits per heavy atom. The highest BCUT2D eigenvalue weighted by molar-refractivity contribution is 5.71. The summed E-state index contributed by atoms with van der Waals surface area (Å²) in [7, 11) is 0. The molecule has 0 aromatic heterocycles. The van der Waals surface area contributed by atoms with E-state index < -0.39 is 0 Å². The molecule has 0 unspecified atom stereocenters. The maximum Gasteiger partial charge on any atom is 0.320 e. The van der Waals surface area contributed by atoms with Crippen LogP contribution in [0.4, 0.5) is 0 Å². The normalized spacial score (nSPS) is 9.43.